The highest BCUT2D eigenvalue weighted by atomic mass is 16.6. The smallest absolute Gasteiger partial charge is 0.245 e. The Kier molecular flexibility index (Phi) is 4.66. The largest absolute Gasteiger partial charge is 0.492 e. The highest BCUT2D eigenvalue weighted by molar-refractivity contribution is 5.74. The predicted octanol–water partition coefficient (Wildman–Crippen LogP) is 1.79. The summed E-state index contributed by atoms with van der Waals surface area (Å²) in [6, 6.07) is 10.4. The Morgan fingerprint density at radius 3 is 2.50 bits per heavy atom. The van der Waals surface area contributed by atoms with Crippen LogP contribution >= 0.6 is 0 Å². The van der Waals surface area contributed by atoms with Crippen LogP contribution in [0.2, 0.25) is 0 Å². The molecule has 146 valence electrons. The maximum atomic E-state index is 5.82. The van der Waals surface area contributed by atoms with Crippen LogP contribution in [0.15, 0.2) is 35.0 Å². The van der Waals surface area contributed by atoms with E-state index in [0.717, 1.165) is 50.1 Å². The summed E-state index contributed by atoms with van der Waals surface area (Å²) in [6.45, 7) is 5.28. The van der Waals surface area contributed by atoms with Gasteiger partial charge in [0.15, 0.2) is 11.6 Å². The monoisotopic (exact) mass is 381 g/mol. The van der Waals surface area contributed by atoms with Crippen LogP contribution in [-0.4, -0.2) is 70.6 Å². The fourth-order valence-corrected chi connectivity index (χ4v) is 3.36. The number of fused-ring (bicyclic) bond motifs is 1. The van der Waals surface area contributed by atoms with Crippen LogP contribution < -0.4 is 15.0 Å². The van der Waals surface area contributed by atoms with E-state index in [0.29, 0.717) is 23.9 Å². The van der Waals surface area contributed by atoms with Gasteiger partial charge in [-0.1, -0.05) is 18.2 Å². The highest BCUT2D eigenvalue weighted by Gasteiger charge is 2.27. The summed E-state index contributed by atoms with van der Waals surface area (Å²) in [5.74, 6) is 2.54. The van der Waals surface area contributed by atoms with Crippen LogP contribution in [0.3, 0.4) is 0 Å². The van der Waals surface area contributed by atoms with E-state index in [1.165, 1.54) is 12.8 Å². The van der Waals surface area contributed by atoms with E-state index in [1.807, 2.05) is 30.3 Å². The number of nitrogens with zero attached hydrogens (tertiary/aromatic N) is 6. The zero-order valence-corrected chi connectivity index (χ0v) is 15.6. The minimum atomic E-state index is 0.448. The summed E-state index contributed by atoms with van der Waals surface area (Å²) in [4.78, 5) is 13.9. The molecular weight excluding hydrogens is 358 g/mol. The predicted molar refractivity (Wildman–Crippen MR) is 105 cm³/mol. The number of anilines is 2. The third-order valence-electron chi connectivity index (χ3n) is 5.11. The molecule has 9 nitrogen and oxygen atoms in total. The van der Waals surface area contributed by atoms with Crippen molar-refractivity contribution in [1.29, 1.82) is 0 Å². The van der Waals surface area contributed by atoms with Gasteiger partial charge in [0.1, 0.15) is 12.4 Å². The number of rotatable bonds is 7. The number of aromatic nitrogens is 4. The molecule has 2 aliphatic rings. The van der Waals surface area contributed by atoms with Gasteiger partial charge in [-0.3, -0.25) is 4.90 Å². The van der Waals surface area contributed by atoms with Crippen LogP contribution in [0.4, 0.5) is 11.6 Å². The lowest BCUT2D eigenvalue weighted by Gasteiger charge is -2.35. The van der Waals surface area contributed by atoms with Gasteiger partial charge in [0.25, 0.3) is 0 Å². The molecule has 1 saturated heterocycles. The third-order valence-corrected chi connectivity index (χ3v) is 5.11. The minimum absolute atomic E-state index is 0.448. The maximum Gasteiger partial charge on any atom is 0.245 e. The van der Waals surface area contributed by atoms with Crippen molar-refractivity contribution in [3.63, 3.8) is 0 Å². The summed E-state index contributed by atoms with van der Waals surface area (Å²) in [5, 5.41) is 11.1. The minimum Gasteiger partial charge on any atom is -0.492 e. The SMILES string of the molecule is c1ccc(OCCN2CCN(c3nc4nonc4nc3NC3CC3)CC2)cc1. The first kappa shape index (κ1) is 17.2. The van der Waals surface area contributed by atoms with Gasteiger partial charge in [-0.2, -0.15) is 0 Å². The molecule has 1 aliphatic carbocycles. The van der Waals surface area contributed by atoms with Gasteiger partial charge in [-0.25, -0.2) is 14.6 Å². The fraction of sp³-hybridized carbons (Fsp3) is 0.474. The van der Waals surface area contributed by atoms with Crippen molar-refractivity contribution in [2.75, 3.05) is 49.5 Å². The molecule has 0 unspecified atom stereocenters. The number of hydrogen-bond donors (Lipinski definition) is 1. The normalized spacial score (nSPS) is 17.8. The zero-order chi connectivity index (χ0) is 18.8. The topological polar surface area (TPSA) is 92.4 Å². The molecule has 28 heavy (non-hydrogen) atoms. The lowest BCUT2D eigenvalue weighted by molar-refractivity contribution is 0.200. The standard InChI is InChI=1S/C19H23N7O2/c1-2-4-15(5-3-1)27-13-12-25-8-10-26(11-9-25)19-18(20-14-6-7-14)21-16-17(22-19)24-28-23-16/h1-5,14H,6-13H2,(H,20,21,23). The van der Waals surface area contributed by atoms with Crippen molar-refractivity contribution >= 4 is 22.9 Å². The molecule has 1 saturated carbocycles. The van der Waals surface area contributed by atoms with E-state index in [-0.39, 0.29) is 0 Å². The Hall–Kier alpha value is -2.94. The molecule has 0 atom stereocenters. The molecule has 1 aromatic carbocycles. The number of ether oxygens (including phenoxy) is 1. The second-order valence-corrected chi connectivity index (χ2v) is 7.22. The van der Waals surface area contributed by atoms with Gasteiger partial charge < -0.3 is 15.0 Å². The average molecular weight is 381 g/mol. The lowest BCUT2D eigenvalue weighted by atomic mass is 10.3. The Morgan fingerprint density at radius 1 is 1.00 bits per heavy atom. The van der Waals surface area contributed by atoms with Crippen LogP contribution in [0.1, 0.15) is 12.8 Å². The number of para-hydroxylation sites is 1. The molecule has 5 rings (SSSR count). The molecule has 2 fully saturated rings. The Bertz CT molecular complexity index is 920. The van der Waals surface area contributed by atoms with Crippen molar-refractivity contribution < 1.29 is 9.37 Å². The molecular formula is C19H23N7O2. The zero-order valence-electron chi connectivity index (χ0n) is 15.6. The number of benzene rings is 1. The molecule has 0 amide bonds. The van der Waals surface area contributed by atoms with Gasteiger partial charge in [-0.05, 0) is 35.3 Å². The second kappa shape index (κ2) is 7.59. The van der Waals surface area contributed by atoms with Crippen LogP contribution in [-0.2, 0) is 0 Å². The highest BCUT2D eigenvalue weighted by Crippen LogP contribution is 2.30. The van der Waals surface area contributed by atoms with Gasteiger partial charge in [0.05, 0.1) is 0 Å². The van der Waals surface area contributed by atoms with Crippen molar-refractivity contribution in [1.82, 2.24) is 25.2 Å². The summed E-state index contributed by atoms with van der Waals surface area (Å²) in [7, 11) is 0. The summed E-state index contributed by atoms with van der Waals surface area (Å²) >= 11 is 0. The first-order chi connectivity index (χ1) is 13.8. The summed E-state index contributed by atoms with van der Waals surface area (Å²) in [5.41, 5.74) is 0.902. The van der Waals surface area contributed by atoms with Crippen molar-refractivity contribution in [2.24, 2.45) is 0 Å². The molecule has 1 N–H and O–H groups in total. The van der Waals surface area contributed by atoms with Crippen molar-refractivity contribution in [3.8, 4) is 5.75 Å². The Balaban J connectivity index is 1.20. The van der Waals surface area contributed by atoms with E-state index in [9.17, 15) is 0 Å². The molecule has 0 spiro atoms. The third kappa shape index (κ3) is 3.84. The molecule has 1 aliphatic heterocycles. The Morgan fingerprint density at radius 2 is 1.75 bits per heavy atom. The van der Waals surface area contributed by atoms with Gasteiger partial charge in [0.2, 0.25) is 11.3 Å². The van der Waals surface area contributed by atoms with Gasteiger partial charge >= 0.3 is 0 Å². The van der Waals surface area contributed by atoms with E-state index in [4.69, 9.17) is 9.37 Å². The Labute approximate surface area is 162 Å². The van der Waals surface area contributed by atoms with E-state index in [2.05, 4.69) is 35.4 Å². The average Bonchev–Trinajstić information content (AvgIpc) is 3.43. The number of hydrogen-bond acceptors (Lipinski definition) is 9. The first-order valence-electron chi connectivity index (χ1n) is 9.77. The van der Waals surface area contributed by atoms with Gasteiger partial charge in [0, 0.05) is 38.8 Å². The van der Waals surface area contributed by atoms with E-state index >= 15 is 0 Å². The molecule has 0 radical (unpaired) electrons. The van der Waals surface area contributed by atoms with Crippen molar-refractivity contribution in [3.05, 3.63) is 30.3 Å². The lowest BCUT2D eigenvalue weighted by Crippen LogP contribution is -2.48. The molecule has 3 aromatic rings. The molecule has 9 heteroatoms. The molecule has 3 heterocycles. The quantitative estimate of drug-likeness (QED) is 0.657. The first-order valence-corrected chi connectivity index (χ1v) is 9.77. The molecule has 0 bridgehead atoms. The summed E-state index contributed by atoms with van der Waals surface area (Å²) < 4.78 is 10.6. The van der Waals surface area contributed by atoms with E-state index < -0.39 is 0 Å². The van der Waals surface area contributed by atoms with E-state index in [1.54, 1.807) is 0 Å². The van der Waals surface area contributed by atoms with Crippen LogP contribution in [0, 0.1) is 0 Å². The number of nitrogens with one attached hydrogen (secondary N) is 1. The van der Waals surface area contributed by atoms with Crippen molar-refractivity contribution in [2.45, 2.75) is 18.9 Å². The molecule has 2 aromatic heterocycles. The van der Waals surface area contributed by atoms with Crippen LogP contribution in [0.25, 0.3) is 11.3 Å². The fourth-order valence-electron chi connectivity index (χ4n) is 3.36. The maximum absolute atomic E-state index is 5.82. The second-order valence-electron chi connectivity index (χ2n) is 7.22. The van der Waals surface area contributed by atoms with Crippen LogP contribution in [0.5, 0.6) is 5.75 Å². The summed E-state index contributed by atoms with van der Waals surface area (Å²) in [6.07, 6.45) is 2.34. The number of piperazine rings is 1. The van der Waals surface area contributed by atoms with Gasteiger partial charge in [-0.15, -0.1) is 0 Å².